The Labute approximate surface area is 91.7 Å². The summed E-state index contributed by atoms with van der Waals surface area (Å²) in [4.78, 5) is 28.0. The maximum Gasteiger partial charge on any atom is 0.308 e. The van der Waals surface area contributed by atoms with Crippen molar-refractivity contribution in [1.29, 1.82) is 0 Å². The third-order valence-electron chi connectivity index (χ3n) is 2.25. The Kier molecular flexibility index (Phi) is 3.87. The second kappa shape index (κ2) is 5.15. The summed E-state index contributed by atoms with van der Waals surface area (Å²) in [7, 11) is 0. The van der Waals surface area contributed by atoms with E-state index in [2.05, 4.69) is 15.3 Å². The first-order valence-electron chi connectivity index (χ1n) is 4.86. The maximum atomic E-state index is 11.1. The van der Waals surface area contributed by atoms with Crippen molar-refractivity contribution >= 4 is 17.5 Å². The van der Waals surface area contributed by atoms with Gasteiger partial charge in [-0.2, -0.15) is 0 Å². The first-order chi connectivity index (χ1) is 7.56. The van der Waals surface area contributed by atoms with Crippen molar-refractivity contribution in [3.05, 3.63) is 16.7 Å². The summed E-state index contributed by atoms with van der Waals surface area (Å²) in [6.45, 7) is 1.96. The number of carboxylic acids is 1. The fourth-order valence-electron chi connectivity index (χ4n) is 1.18. The zero-order valence-corrected chi connectivity index (χ0v) is 8.86. The lowest BCUT2D eigenvalue weighted by atomic mass is 10.1. The van der Waals surface area contributed by atoms with Gasteiger partial charge in [-0.1, -0.05) is 6.92 Å². The second-order valence-corrected chi connectivity index (χ2v) is 3.32. The Hall–Kier alpha value is -2.05. The molecule has 1 unspecified atom stereocenters. The Morgan fingerprint density at radius 1 is 1.75 bits per heavy atom. The van der Waals surface area contributed by atoms with E-state index in [0.29, 0.717) is 6.42 Å². The van der Waals surface area contributed by atoms with Gasteiger partial charge in [0.25, 0.3) is 5.56 Å². The molecule has 5 N–H and O–H groups in total. The first-order valence-corrected chi connectivity index (χ1v) is 4.86. The molecule has 16 heavy (non-hydrogen) atoms. The minimum atomic E-state index is -0.890. The van der Waals surface area contributed by atoms with Crippen molar-refractivity contribution in [2.24, 2.45) is 5.92 Å². The smallest absolute Gasteiger partial charge is 0.308 e. The Morgan fingerprint density at radius 3 is 3.00 bits per heavy atom. The molecule has 1 aromatic rings. The summed E-state index contributed by atoms with van der Waals surface area (Å²) in [5.74, 6) is -1.21. The summed E-state index contributed by atoms with van der Waals surface area (Å²) in [5.41, 5.74) is 4.99. The molecular formula is C9H14N4O3. The monoisotopic (exact) mass is 226 g/mol. The van der Waals surface area contributed by atoms with Gasteiger partial charge in [0.05, 0.1) is 12.2 Å². The highest BCUT2D eigenvalue weighted by Crippen LogP contribution is 2.10. The van der Waals surface area contributed by atoms with E-state index in [1.54, 1.807) is 6.92 Å². The minimum absolute atomic E-state index is 0.0391. The number of anilines is 2. The Balaban J connectivity index is 2.71. The van der Waals surface area contributed by atoms with Crippen LogP contribution in [0.3, 0.4) is 0 Å². The molecule has 0 aliphatic rings. The number of hydrogen-bond donors (Lipinski definition) is 4. The molecule has 0 spiro atoms. The second-order valence-electron chi connectivity index (χ2n) is 3.32. The summed E-state index contributed by atoms with van der Waals surface area (Å²) in [6, 6.07) is 0. The first kappa shape index (κ1) is 12.0. The van der Waals surface area contributed by atoms with E-state index < -0.39 is 17.4 Å². The number of nitrogens with one attached hydrogen (secondary N) is 2. The van der Waals surface area contributed by atoms with Crippen molar-refractivity contribution < 1.29 is 9.90 Å². The molecule has 0 aliphatic carbocycles. The quantitative estimate of drug-likeness (QED) is 0.555. The predicted molar refractivity (Wildman–Crippen MR) is 59.2 cm³/mol. The van der Waals surface area contributed by atoms with Gasteiger partial charge in [0.1, 0.15) is 5.69 Å². The van der Waals surface area contributed by atoms with Crippen LogP contribution in [0.1, 0.15) is 13.3 Å². The Bertz CT molecular complexity index is 429. The van der Waals surface area contributed by atoms with E-state index in [0.717, 1.165) is 0 Å². The fourth-order valence-corrected chi connectivity index (χ4v) is 1.18. The average molecular weight is 226 g/mol. The van der Waals surface area contributed by atoms with Crippen LogP contribution in [0.15, 0.2) is 11.1 Å². The van der Waals surface area contributed by atoms with Crippen LogP contribution in [0.5, 0.6) is 0 Å². The van der Waals surface area contributed by atoms with Crippen LogP contribution in [-0.4, -0.2) is 27.6 Å². The van der Waals surface area contributed by atoms with E-state index in [9.17, 15) is 9.59 Å². The third kappa shape index (κ3) is 2.72. The van der Waals surface area contributed by atoms with Gasteiger partial charge in [-0.3, -0.25) is 9.59 Å². The molecule has 0 saturated carbocycles. The van der Waals surface area contributed by atoms with Gasteiger partial charge < -0.3 is 21.1 Å². The van der Waals surface area contributed by atoms with Crippen LogP contribution >= 0.6 is 0 Å². The molecule has 1 aromatic heterocycles. The van der Waals surface area contributed by atoms with Crippen molar-refractivity contribution in [1.82, 2.24) is 9.97 Å². The van der Waals surface area contributed by atoms with Crippen molar-refractivity contribution in [3.8, 4) is 0 Å². The molecular weight excluding hydrogens is 212 g/mol. The SMILES string of the molecule is CCC(CNc1nc[nH]c(=O)c1N)C(=O)O. The third-order valence-corrected chi connectivity index (χ3v) is 2.25. The lowest BCUT2D eigenvalue weighted by molar-refractivity contribution is -0.141. The fraction of sp³-hybridized carbons (Fsp3) is 0.444. The molecule has 1 rings (SSSR count). The number of rotatable bonds is 5. The van der Waals surface area contributed by atoms with Gasteiger partial charge in [0, 0.05) is 6.54 Å². The number of hydrogen-bond acceptors (Lipinski definition) is 5. The van der Waals surface area contributed by atoms with Gasteiger partial charge in [-0.25, -0.2) is 4.98 Å². The maximum absolute atomic E-state index is 11.1. The summed E-state index contributed by atoms with van der Waals surface area (Å²) >= 11 is 0. The van der Waals surface area contributed by atoms with E-state index in [1.165, 1.54) is 6.33 Å². The highest BCUT2D eigenvalue weighted by atomic mass is 16.4. The van der Waals surface area contributed by atoms with Gasteiger partial charge in [0.2, 0.25) is 0 Å². The number of aromatic amines is 1. The average Bonchev–Trinajstić information content (AvgIpc) is 2.24. The van der Waals surface area contributed by atoms with Crippen LogP contribution in [0.25, 0.3) is 0 Å². The number of nitrogens with zero attached hydrogens (tertiary/aromatic N) is 1. The number of nitrogens with two attached hydrogens (primary N) is 1. The number of H-pyrrole nitrogens is 1. The van der Waals surface area contributed by atoms with E-state index in [1.807, 2.05) is 0 Å². The van der Waals surface area contributed by atoms with Crippen LogP contribution < -0.4 is 16.6 Å². The molecule has 0 fully saturated rings. The molecule has 1 heterocycles. The van der Waals surface area contributed by atoms with Gasteiger partial charge in [-0.05, 0) is 6.42 Å². The highest BCUT2D eigenvalue weighted by molar-refractivity contribution is 5.71. The van der Waals surface area contributed by atoms with Crippen molar-refractivity contribution in [2.45, 2.75) is 13.3 Å². The molecule has 1 atom stereocenters. The number of nitrogen functional groups attached to an aromatic ring is 1. The minimum Gasteiger partial charge on any atom is -0.481 e. The normalized spacial score (nSPS) is 12.1. The number of aromatic nitrogens is 2. The molecule has 88 valence electrons. The molecule has 7 heteroatoms. The van der Waals surface area contributed by atoms with E-state index >= 15 is 0 Å². The molecule has 0 saturated heterocycles. The number of carbonyl (C=O) groups is 1. The molecule has 0 bridgehead atoms. The predicted octanol–water partition coefficient (Wildman–Crippen LogP) is -0.125. The molecule has 0 aromatic carbocycles. The van der Waals surface area contributed by atoms with Crippen LogP contribution in [0.2, 0.25) is 0 Å². The van der Waals surface area contributed by atoms with Crippen LogP contribution in [-0.2, 0) is 4.79 Å². The van der Waals surface area contributed by atoms with E-state index in [-0.39, 0.29) is 18.1 Å². The van der Waals surface area contributed by atoms with E-state index in [4.69, 9.17) is 10.8 Å². The van der Waals surface area contributed by atoms with Crippen LogP contribution in [0, 0.1) is 5.92 Å². The highest BCUT2D eigenvalue weighted by Gasteiger charge is 2.15. The summed E-state index contributed by atoms with van der Waals surface area (Å²) in [5, 5.41) is 11.6. The van der Waals surface area contributed by atoms with Crippen LogP contribution in [0.4, 0.5) is 11.5 Å². The lowest BCUT2D eigenvalue weighted by Crippen LogP contribution is -2.24. The lowest BCUT2D eigenvalue weighted by Gasteiger charge is -2.12. The summed E-state index contributed by atoms with van der Waals surface area (Å²) in [6.07, 6.45) is 1.70. The van der Waals surface area contributed by atoms with Gasteiger partial charge >= 0.3 is 5.97 Å². The number of aliphatic carboxylic acids is 1. The molecule has 0 aliphatic heterocycles. The number of carboxylic acid groups (broad SMARTS) is 1. The van der Waals surface area contributed by atoms with Gasteiger partial charge in [-0.15, -0.1) is 0 Å². The molecule has 0 amide bonds. The largest absolute Gasteiger partial charge is 0.481 e. The van der Waals surface area contributed by atoms with Crippen molar-refractivity contribution in [2.75, 3.05) is 17.6 Å². The molecule has 0 radical (unpaired) electrons. The molecule has 7 nitrogen and oxygen atoms in total. The zero-order chi connectivity index (χ0) is 12.1. The van der Waals surface area contributed by atoms with Gasteiger partial charge in [0.15, 0.2) is 5.82 Å². The van der Waals surface area contributed by atoms with Crippen molar-refractivity contribution in [3.63, 3.8) is 0 Å². The topological polar surface area (TPSA) is 121 Å². The zero-order valence-electron chi connectivity index (χ0n) is 8.86. The standard InChI is InChI=1S/C9H14N4O3/c1-2-5(9(15)16)3-11-7-6(10)8(14)13-4-12-7/h4-5H,2-3,10H2,1H3,(H,15,16)(H2,11,12,13,14). The summed E-state index contributed by atoms with van der Waals surface area (Å²) < 4.78 is 0. The Morgan fingerprint density at radius 2 is 2.44 bits per heavy atom.